The molecule has 3 heteroatoms. The van der Waals surface area contributed by atoms with Crippen molar-refractivity contribution in [3.63, 3.8) is 0 Å². The van der Waals surface area contributed by atoms with Crippen molar-refractivity contribution in [2.75, 3.05) is 5.73 Å². The van der Waals surface area contributed by atoms with Gasteiger partial charge in [-0.25, -0.2) is 0 Å². The second kappa shape index (κ2) is 4.96. The number of nitrogens with two attached hydrogens (primary N) is 1. The quantitative estimate of drug-likeness (QED) is 0.795. The van der Waals surface area contributed by atoms with Crippen LogP contribution >= 0.6 is 11.6 Å². The van der Waals surface area contributed by atoms with Gasteiger partial charge in [0.1, 0.15) is 5.75 Å². The Labute approximate surface area is 102 Å². The molecule has 88 valence electrons. The topological polar surface area (TPSA) is 35.2 Å². The first kappa shape index (κ1) is 11.6. The van der Waals surface area contributed by atoms with Crippen molar-refractivity contribution < 1.29 is 4.74 Å². The van der Waals surface area contributed by atoms with Gasteiger partial charge in [0.05, 0.1) is 11.1 Å². The van der Waals surface area contributed by atoms with Crippen molar-refractivity contribution in [3.05, 3.63) is 23.2 Å². The molecule has 0 aliphatic heterocycles. The maximum Gasteiger partial charge on any atom is 0.138 e. The van der Waals surface area contributed by atoms with Gasteiger partial charge < -0.3 is 10.5 Å². The van der Waals surface area contributed by atoms with Gasteiger partial charge in [0.25, 0.3) is 0 Å². The number of halogens is 1. The summed E-state index contributed by atoms with van der Waals surface area (Å²) >= 11 is 6.07. The molecule has 1 saturated carbocycles. The summed E-state index contributed by atoms with van der Waals surface area (Å²) in [6, 6.07) is 5.42. The second-order valence-electron chi connectivity index (χ2n) is 4.69. The highest BCUT2D eigenvalue weighted by Gasteiger charge is 2.20. The van der Waals surface area contributed by atoms with Gasteiger partial charge in [-0.15, -0.1) is 0 Å². The van der Waals surface area contributed by atoms with E-state index in [0.717, 1.165) is 24.5 Å². The Bertz CT molecular complexity index is 359. The van der Waals surface area contributed by atoms with Gasteiger partial charge in [-0.2, -0.15) is 0 Å². The fraction of sp³-hybridized carbons (Fsp3) is 0.538. The number of hydrogen-bond acceptors (Lipinski definition) is 2. The molecule has 1 aliphatic rings. The van der Waals surface area contributed by atoms with Gasteiger partial charge in [-0.1, -0.05) is 18.5 Å². The van der Waals surface area contributed by atoms with Crippen LogP contribution in [0.4, 0.5) is 5.69 Å². The zero-order chi connectivity index (χ0) is 11.5. The molecule has 0 unspecified atom stereocenters. The molecular formula is C13H18ClNO. The molecule has 0 bridgehead atoms. The van der Waals surface area contributed by atoms with Gasteiger partial charge in [-0.3, -0.25) is 0 Å². The van der Waals surface area contributed by atoms with E-state index in [0.29, 0.717) is 16.8 Å². The molecule has 0 aromatic heterocycles. The summed E-state index contributed by atoms with van der Waals surface area (Å²) in [7, 11) is 0. The van der Waals surface area contributed by atoms with Crippen LogP contribution in [0.3, 0.4) is 0 Å². The minimum Gasteiger partial charge on any atom is -0.489 e. The molecule has 1 aromatic carbocycles. The minimum absolute atomic E-state index is 0.317. The summed E-state index contributed by atoms with van der Waals surface area (Å²) in [5, 5.41) is 0.610. The zero-order valence-electron chi connectivity index (χ0n) is 9.58. The van der Waals surface area contributed by atoms with Gasteiger partial charge >= 0.3 is 0 Å². The molecule has 2 N–H and O–H groups in total. The number of rotatable bonds is 2. The van der Waals surface area contributed by atoms with Crippen molar-refractivity contribution in [1.82, 2.24) is 0 Å². The first-order chi connectivity index (χ1) is 7.65. The highest BCUT2D eigenvalue weighted by atomic mass is 35.5. The number of anilines is 1. The van der Waals surface area contributed by atoms with Crippen LogP contribution in [0.2, 0.25) is 5.02 Å². The normalized spacial score (nSPS) is 25.4. The Morgan fingerprint density at radius 2 is 1.94 bits per heavy atom. The average molecular weight is 240 g/mol. The van der Waals surface area contributed by atoms with Gasteiger partial charge in [0.2, 0.25) is 0 Å². The van der Waals surface area contributed by atoms with E-state index in [-0.39, 0.29) is 0 Å². The van der Waals surface area contributed by atoms with Crippen molar-refractivity contribution in [2.24, 2.45) is 5.92 Å². The summed E-state index contributed by atoms with van der Waals surface area (Å²) in [6.07, 6.45) is 5.07. The highest BCUT2D eigenvalue weighted by molar-refractivity contribution is 6.32. The van der Waals surface area contributed by atoms with Crippen molar-refractivity contribution in [2.45, 2.75) is 38.7 Å². The van der Waals surface area contributed by atoms with Crippen molar-refractivity contribution >= 4 is 17.3 Å². The number of nitrogen functional groups attached to an aromatic ring is 1. The molecule has 2 rings (SSSR count). The Hall–Kier alpha value is -0.890. The minimum atomic E-state index is 0.317. The molecule has 0 radical (unpaired) electrons. The van der Waals surface area contributed by atoms with E-state index >= 15 is 0 Å². The summed E-state index contributed by atoms with van der Waals surface area (Å²) < 4.78 is 5.90. The van der Waals surface area contributed by atoms with Crippen LogP contribution in [-0.2, 0) is 0 Å². The lowest BCUT2D eigenvalue weighted by atomic mass is 9.89. The van der Waals surface area contributed by atoms with Crippen molar-refractivity contribution in [1.29, 1.82) is 0 Å². The third-order valence-electron chi connectivity index (χ3n) is 3.21. The van der Waals surface area contributed by atoms with Gasteiger partial charge in [0.15, 0.2) is 0 Å². The molecule has 0 heterocycles. The molecule has 2 nitrogen and oxygen atoms in total. The lowest BCUT2D eigenvalue weighted by Crippen LogP contribution is -2.23. The molecule has 1 aromatic rings. The van der Waals surface area contributed by atoms with Crippen LogP contribution in [0.15, 0.2) is 18.2 Å². The van der Waals surface area contributed by atoms with Crippen LogP contribution in [0.1, 0.15) is 32.6 Å². The monoisotopic (exact) mass is 239 g/mol. The second-order valence-corrected chi connectivity index (χ2v) is 5.10. The maximum absolute atomic E-state index is 6.07. The van der Waals surface area contributed by atoms with Gasteiger partial charge in [-0.05, 0) is 49.8 Å². The fourth-order valence-corrected chi connectivity index (χ4v) is 2.37. The molecule has 16 heavy (non-hydrogen) atoms. The van der Waals surface area contributed by atoms with E-state index < -0.39 is 0 Å². The number of benzene rings is 1. The van der Waals surface area contributed by atoms with Crippen LogP contribution in [0.5, 0.6) is 5.75 Å². The van der Waals surface area contributed by atoms with Crippen LogP contribution < -0.4 is 10.5 Å². The van der Waals surface area contributed by atoms with E-state index in [1.807, 2.05) is 12.1 Å². The predicted molar refractivity (Wildman–Crippen MR) is 67.9 cm³/mol. The standard InChI is InChI=1S/C13H18ClNO/c1-9-2-5-11(6-3-9)16-13-7-4-10(15)8-12(13)14/h4,7-9,11H,2-3,5-6,15H2,1H3. The fourth-order valence-electron chi connectivity index (χ4n) is 2.14. The zero-order valence-corrected chi connectivity index (χ0v) is 10.3. The summed E-state index contributed by atoms with van der Waals surface area (Å²) in [5.74, 6) is 1.59. The Balaban J connectivity index is 1.98. The summed E-state index contributed by atoms with van der Waals surface area (Å²) in [6.45, 7) is 2.30. The Morgan fingerprint density at radius 3 is 2.56 bits per heavy atom. The van der Waals surface area contributed by atoms with E-state index in [1.165, 1.54) is 12.8 Å². The Kier molecular flexibility index (Phi) is 3.59. The first-order valence-corrected chi connectivity index (χ1v) is 6.24. The van der Waals surface area contributed by atoms with Crippen LogP contribution in [-0.4, -0.2) is 6.10 Å². The first-order valence-electron chi connectivity index (χ1n) is 5.87. The van der Waals surface area contributed by atoms with E-state index in [1.54, 1.807) is 6.07 Å². The summed E-state index contributed by atoms with van der Waals surface area (Å²) in [4.78, 5) is 0. The van der Waals surface area contributed by atoms with E-state index in [9.17, 15) is 0 Å². The van der Waals surface area contributed by atoms with E-state index in [2.05, 4.69) is 6.92 Å². The van der Waals surface area contributed by atoms with Crippen LogP contribution in [0, 0.1) is 5.92 Å². The molecule has 0 atom stereocenters. The molecule has 1 aliphatic carbocycles. The van der Waals surface area contributed by atoms with Crippen LogP contribution in [0.25, 0.3) is 0 Å². The molecule has 0 saturated heterocycles. The highest BCUT2D eigenvalue weighted by Crippen LogP contribution is 2.31. The van der Waals surface area contributed by atoms with Gasteiger partial charge in [0, 0.05) is 5.69 Å². The lowest BCUT2D eigenvalue weighted by Gasteiger charge is -2.27. The third-order valence-corrected chi connectivity index (χ3v) is 3.51. The number of ether oxygens (including phenoxy) is 1. The maximum atomic E-state index is 6.07. The SMILES string of the molecule is CC1CCC(Oc2ccc(N)cc2Cl)CC1. The molecule has 0 spiro atoms. The van der Waals surface area contributed by atoms with E-state index in [4.69, 9.17) is 22.1 Å². The number of hydrogen-bond donors (Lipinski definition) is 1. The predicted octanol–water partition coefficient (Wildman–Crippen LogP) is 3.88. The molecular weight excluding hydrogens is 222 g/mol. The molecule has 0 amide bonds. The lowest BCUT2D eigenvalue weighted by molar-refractivity contribution is 0.135. The summed E-state index contributed by atoms with van der Waals surface area (Å²) in [5.41, 5.74) is 6.31. The molecule has 1 fully saturated rings. The van der Waals surface area contributed by atoms with Crippen molar-refractivity contribution in [3.8, 4) is 5.75 Å². The largest absolute Gasteiger partial charge is 0.489 e. The average Bonchev–Trinajstić information content (AvgIpc) is 2.25. The smallest absolute Gasteiger partial charge is 0.138 e. The third kappa shape index (κ3) is 2.82. The Morgan fingerprint density at radius 1 is 1.25 bits per heavy atom.